The van der Waals surface area contributed by atoms with E-state index >= 15 is 0 Å². The molecule has 0 aliphatic carbocycles. The fourth-order valence-electron chi connectivity index (χ4n) is 2.55. The third-order valence-corrected chi connectivity index (χ3v) is 3.56. The van der Waals surface area contributed by atoms with Gasteiger partial charge in [0.1, 0.15) is 0 Å². The molecule has 108 valence electrons. The number of aryl methyl sites for hydroxylation is 2. The van der Waals surface area contributed by atoms with Gasteiger partial charge < -0.3 is 5.32 Å². The summed E-state index contributed by atoms with van der Waals surface area (Å²) in [5.41, 5.74) is 3.75. The van der Waals surface area contributed by atoms with Crippen molar-refractivity contribution in [2.45, 2.75) is 39.8 Å². The van der Waals surface area contributed by atoms with E-state index in [1.807, 2.05) is 11.7 Å². The maximum Gasteiger partial charge on any atom is 0.0638 e. The van der Waals surface area contributed by atoms with Crippen LogP contribution in [0.15, 0.2) is 36.5 Å². The van der Waals surface area contributed by atoms with E-state index in [0.717, 1.165) is 18.7 Å². The molecule has 0 aliphatic rings. The van der Waals surface area contributed by atoms with E-state index in [9.17, 15) is 0 Å². The van der Waals surface area contributed by atoms with Crippen molar-refractivity contribution in [3.8, 4) is 0 Å². The molecule has 0 bridgehead atoms. The van der Waals surface area contributed by atoms with E-state index in [-0.39, 0.29) is 0 Å². The van der Waals surface area contributed by atoms with Gasteiger partial charge in [0.25, 0.3) is 0 Å². The number of rotatable bonds is 6. The van der Waals surface area contributed by atoms with Crippen molar-refractivity contribution in [1.82, 2.24) is 15.1 Å². The lowest BCUT2D eigenvalue weighted by molar-refractivity contribution is 0.428. The average molecular weight is 271 g/mol. The topological polar surface area (TPSA) is 29.9 Å². The van der Waals surface area contributed by atoms with E-state index in [0.29, 0.717) is 12.0 Å². The van der Waals surface area contributed by atoms with Crippen LogP contribution in [-0.4, -0.2) is 9.78 Å². The van der Waals surface area contributed by atoms with Gasteiger partial charge >= 0.3 is 0 Å². The van der Waals surface area contributed by atoms with Gasteiger partial charge in [-0.2, -0.15) is 5.10 Å². The maximum absolute atomic E-state index is 4.40. The molecule has 0 saturated carbocycles. The van der Waals surface area contributed by atoms with Crippen molar-refractivity contribution >= 4 is 0 Å². The van der Waals surface area contributed by atoms with Gasteiger partial charge in [-0.05, 0) is 24.8 Å². The summed E-state index contributed by atoms with van der Waals surface area (Å²) in [4.78, 5) is 0. The molecule has 0 spiro atoms. The highest BCUT2D eigenvalue weighted by atomic mass is 15.2. The largest absolute Gasteiger partial charge is 0.306 e. The van der Waals surface area contributed by atoms with Crippen LogP contribution in [-0.2, 0) is 13.6 Å². The summed E-state index contributed by atoms with van der Waals surface area (Å²) in [6, 6.07) is 11.1. The highest BCUT2D eigenvalue weighted by molar-refractivity contribution is 5.20. The molecule has 3 heteroatoms. The molecule has 20 heavy (non-hydrogen) atoms. The fourth-order valence-corrected chi connectivity index (χ4v) is 2.55. The molecule has 0 saturated heterocycles. The summed E-state index contributed by atoms with van der Waals surface area (Å²) < 4.78 is 1.88. The Morgan fingerprint density at radius 1 is 1.20 bits per heavy atom. The molecule has 0 amide bonds. The monoisotopic (exact) mass is 271 g/mol. The average Bonchev–Trinajstić information content (AvgIpc) is 2.73. The van der Waals surface area contributed by atoms with Crippen molar-refractivity contribution in [3.63, 3.8) is 0 Å². The Hall–Kier alpha value is -1.61. The number of hydrogen-bond acceptors (Lipinski definition) is 2. The Balaban J connectivity index is 2.07. The number of nitrogens with one attached hydrogen (secondary N) is 1. The van der Waals surface area contributed by atoms with Crippen LogP contribution in [0.3, 0.4) is 0 Å². The van der Waals surface area contributed by atoms with E-state index in [1.165, 1.54) is 11.1 Å². The highest BCUT2D eigenvalue weighted by Gasteiger charge is 2.13. The lowest BCUT2D eigenvalue weighted by atomic mass is 9.97. The van der Waals surface area contributed by atoms with Gasteiger partial charge in [0.05, 0.1) is 5.69 Å². The molecule has 1 heterocycles. The molecule has 3 nitrogen and oxygen atoms in total. The van der Waals surface area contributed by atoms with E-state index < -0.39 is 0 Å². The normalized spacial score (nSPS) is 12.8. The van der Waals surface area contributed by atoms with Gasteiger partial charge in [0, 0.05) is 31.4 Å². The second-order valence-electron chi connectivity index (χ2n) is 5.89. The summed E-state index contributed by atoms with van der Waals surface area (Å²) >= 11 is 0. The van der Waals surface area contributed by atoms with Crippen molar-refractivity contribution in [1.29, 1.82) is 0 Å². The molecule has 0 fully saturated rings. The van der Waals surface area contributed by atoms with Crippen molar-refractivity contribution in [3.05, 3.63) is 53.3 Å². The Labute approximate surface area is 122 Å². The molecule has 2 rings (SSSR count). The first-order valence-electron chi connectivity index (χ1n) is 7.33. The lowest BCUT2D eigenvalue weighted by Crippen LogP contribution is -2.22. The number of benzene rings is 1. The highest BCUT2D eigenvalue weighted by Crippen LogP contribution is 2.21. The first kappa shape index (κ1) is 14.8. The van der Waals surface area contributed by atoms with Crippen LogP contribution in [0.1, 0.15) is 43.1 Å². The molecule has 1 atom stereocenters. The first-order valence-corrected chi connectivity index (χ1v) is 7.33. The zero-order valence-electron chi connectivity index (χ0n) is 12.9. The number of aromatic nitrogens is 2. The molecule has 1 N–H and O–H groups in total. The van der Waals surface area contributed by atoms with Gasteiger partial charge in [0.15, 0.2) is 0 Å². The fraction of sp³-hybridized carbons (Fsp3) is 0.471. The minimum absolute atomic E-state index is 0.399. The minimum Gasteiger partial charge on any atom is -0.306 e. The molecule has 1 aromatic heterocycles. The van der Waals surface area contributed by atoms with Crippen molar-refractivity contribution in [2.75, 3.05) is 0 Å². The zero-order valence-corrected chi connectivity index (χ0v) is 12.9. The lowest BCUT2D eigenvalue weighted by Gasteiger charge is -2.21. The minimum atomic E-state index is 0.399. The third kappa shape index (κ3) is 3.94. The Morgan fingerprint density at radius 2 is 1.90 bits per heavy atom. The molecule has 2 aromatic rings. The van der Waals surface area contributed by atoms with Crippen LogP contribution in [0, 0.1) is 12.8 Å². The molecule has 1 unspecified atom stereocenters. The Bertz CT molecular complexity index is 528. The smallest absolute Gasteiger partial charge is 0.0638 e. The van der Waals surface area contributed by atoms with Gasteiger partial charge in [-0.15, -0.1) is 0 Å². The number of nitrogens with zero attached hydrogens (tertiary/aromatic N) is 2. The molecular weight excluding hydrogens is 246 g/mol. The molecular formula is C17H25N3. The van der Waals surface area contributed by atoms with Crippen LogP contribution in [0.4, 0.5) is 0 Å². The second-order valence-corrected chi connectivity index (χ2v) is 5.89. The van der Waals surface area contributed by atoms with E-state index in [4.69, 9.17) is 0 Å². The summed E-state index contributed by atoms with van der Waals surface area (Å²) in [5, 5.41) is 8.08. The SMILES string of the molecule is Cc1nn(C)cc1CNC(CC(C)C)c1ccccc1. The first-order chi connectivity index (χ1) is 9.56. The van der Waals surface area contributed by atoms with Crippen LogP contribution in [0.2, 0.25) is 0 Å². The summed E-state index contributed by atoms with van der Waals surface area (Å²) in [5.74, 6) is 0.669. The van der Waals surface area contributed by atoms with Crippen molar-refractivity contribution in [2.24, 2.45) is 13.0 Å². The third-order valence-electron chi connectivity index (χ3n) is 3.56. The summed E-state index contributed by atoms with van der Waals surface area (Å²) in [6.45, 7) is 7.48. The maximum atomic E-state index is 4.40. The summed E-state index contributed by atoms with van der Waals surface area (Å²) in [6.07, 6.45) is 3.24. The molecule has 1 aromatic carbocycles. The van der Waals surface area contributed by atoms with E-state index in [2.05, 4.69) is 67.7 Å². The summed E-state index contributed by atoms with van der Waals surface area (Å²) in [7, 11) is 1.97. The van der Waals surface area contributed by atoms with Gasteiger partial charge in [-0.25, -0.2) is 0 Å². The Kier molecular flexibility index (Phi) is 4.96. The van der Waals surface area contributed by atoms with Crippen LogP contribution in [0.5, 0.6) is 0 Å². The van der Waals surface area contributed by atoms with Gasteiger partial charge in [-0.1, -0.05) is 44.2 Å². The predicted molar refractivity (Wildman–Crippen MR) is 83.4 cm³/mol. The van der Waals surface area contributed by atoms with Crippen LogP contribution < -0.4 is 5.32 Å². The van der Waals surface area contributed by atoms with E-state index in [1.54, 1.807) is 0 Å². The van der Waals surface area contributed by atoms with Gasteiger partial charge in [0.2, 0.25) is 0 Å². The quantitative estimate of drug-likeness (QED) is 0.870. The second kappa shape index (κ2) is 6.71. The van der Waals surface area contributed by atoms with Crippen LogP contribution >= 0.6 is 0 Å². The predicted octanol–water partition coefficient (Wildman–Crippen LogP) is 3.61. The standard InChI is InChI=1S/C17H25N3/c1-13(2)10-17(15-8-6-5-7-9-15)18-11-16-12-20(4)19-14(16)3/h5-9,12-13,17-18H,10-11H2,1-4H3. The Morgan fingerprint density at radius 3 is 2.45 bits per heavy atom. The molecule has 0 aliphatic heterocycles. The van der Waals surface area contributed by atoms with Crippen molar-refractivity contribution < 1.29 is 0 Å². The molecule has 0 radical (unpaired) electrons. The van der Waals surface area contributed by atoms with Crippen LogP contribution in [0.25, 0.3) is 0 Å². The zero-order chi connectivity index (χ0) is 14.5. The van der Waals surface area contributed by atoms with Gasteiger partial charge in [-0.3, -0.25) is 4.68 Å². The number of hydrogen-bond donors (Lipinski definition) is 1.